The predicted octanol–water partition coefficient (Wildman–Crippen LogP) is 3.51. The summed E-state index contributed by atoms with van der Waals surface area (Å²) in [7, 11) is -2.11. The van der Waals surface area contributed by atoms with E-state index in [9.17, 15) is 18.0 Å². The normalized spacial score (nSPS) is 11.0. The molecule has 0 unspecified atom stereocenters. The molecule has 0 aliphatic heterocycles. The highest BCUT2D eigenvalue weighted by atomic mass is 35.5. The largest absolute Gasteiger partial charge is 0.495 e. The Kier molecular flexibility index (Phi) is 6.92. The van der Waals surface area contributed by atoms with Gasteiger partial charge in [-0.3, -0.25) is 4.79 Å². The van der Waals surface area contributed by atoms with Crippen molar-refractivity contribution in [1.29, 1.82) is 0 Å². The molecule has 0 radical (unpaired) electrons. The molecule has 10 heteroatoms. The molecule has 1 amide bonds. The molecule has 0 saturated heterocycles. The van der Waals surface area contributed by atoms with Crippen molar-refractivity contribution < 1.29 is 27.5 Å². The number of esters is 1. The van der Waals surface area contributed by atoms with E-state index in [-0.39, 0.29) is 15.5 Å². The van der Waals surface area contributed by atoms with Gasteiger partial charge in [-0.2, -0.15) is 0 Å². The number of nitrogens with one attached hydrogen (secondary N) is 1. The Balaban J connectivity index is 2.10. The Bertz CT molecular complexity index is 1040. The van der Waals surface area contributed by atoms with Gasteiger partial charge in [0.05, 0.1) is 28.3 Å². The van der Waals surface area contributed by atoms with Gasteiger partial charge in [-0.25, -0.2) is 13.2 Å². The molecule has 2 aromatic carbocycles. The van der Waals surface area contributed by atoms with Crippen LogP contribution in [0.2, 0.25) is 10.0 Å². The number of hydrogen-bond acceptors (Lipinski definition) is 6. The molecule has 28 heavy (non-hydrogen) atoms. The maximum atomic E-state index is 12.2. The molecule has 0 fully saturated rings. The van der Waals surface area contributed by atoms with Gasteiger partial charge >= 0.3 is 5.97 Å². The Morgan fingerprint density at radius 2 is 1.79 bits per heavy atom. The molecule has 0 spiro atoms. The highest BCUT2D eigenvalue weighted by molar-refractivity contribution is 7.90. The Morgan fingerprint density at radius 1 is 1.11 bits per heavy atom. The number of halogens is 2. The topological polar surface area (TPSA) is 98.8 Å². The van der Waals surface area contributed by atoms with E-state index in [2.05, 4.69) is 5.32 Å². The van der Waals surface area contributed by atoms with Gasteiger partial charge < -0.3 is 14.8 Å². The quantitative estimate of drug-likeness (QED) is 0.682. The van der Waals surface area contributed by atoms with E-state index < -0.39 is 28.3 Å². The summed E-state index contributed by atoms with van der Waals surface area (Å²) in [6, 6.07) is 6.82. The van der Waals surface area contributed by atoms with E-state index in [0.29, 0.717) is 16.5 Å². The first-order valence-corrected chi connectivity index (χ1v) is 10.5. The summed E-state index contributed by atoms with van der Waals surface area (Å²) >= 11 is 11.9. The molecule has 0 aliphatic rings. The highest BCUT2D eigenvalue weighted by Gasteiger charge is 2.18. The lowest BCUT2D eigenvalue weighted by Gasteiger charge is -2.12. The van der Waals surface area contributed by atoms with Crippen molar-refractivity contribution in [2.75, 3.05) is 25.3 Å². The van der Waals surface area contributed by atoms with Crippen molar-refractivity contribution in [2.45, 2.75) is 11.8 Å². The molecule has 2 rings (SSSR count). The number of amides is 1. The average molecular weight is 446 g/mol. The molecular formula is C18H17Cl2NO6S. The lowest BCUT2D eigenvalue weighted by molar-refractivity contribution is -0.119. The fourth-order valence-electron chi connectivity index (χ4n) is 2.22. The number of anilines is 1. The van der Waals surface area contributed by atoms with Crippen LogP contribution >= 0.6 is 23.2 Å². The third-order valence-corrected chi connectivity index (χ3v) is 5.52. The monoisotopic (exact) mass is 445 g/mol. The van der Waals surface area contributed by atoms with E-state index in [1.54, 1.807) is 19.1 Å². The summed E-state index contributed by atoms with van der Waals surface area (Å²) < 4.78 is 33.3. The Morgan fingerprint density at radius 3 is 2.39 bits per heavy atom. The van der Waals surface area contributed by atoms with Crippen LogP contribution in [0.1, 0.15) is 15.9 Å². The van der Waals surface area contributed by atoms with Gasteiger partial charge in [0.25, 0.3) is 5.91 Å². The van der Waals surface area contributed by atoms with Crippen LogP contribution in [-0.2, 0) is 19.4 Å². The lowest BCUT2D eigenvalue weighted by atomic mass is 10.2. The summed E-state index contributed by atoms with van der Waals surface area (Å²) in [4.78, 5) is 24.2. The number of sulfone groups is 1. The summed E-state index contributed by atoms with van der Waals surface area (Å²) in [6.45, 7) is 1.15. The number of carbonyl (C=O) groups is 2. The second-order valence-corrected chi connectivity index (χ2v) is 8.67. The van der Waals surface area contributed by atoms with Crippen LogP contribution in [0.5, 0.6) is 5.75 Å². The van der Waals surface area contributed by atoms with E-state index in [4.69, 9.17) is 32.7 Å². The number of rotatable bonds is 6. The molecule has 7 nitrogen and oxygen atoms in total. The lowest BCUT2D eigenvalue weighted by Crippen LogP contribution is -2.21. The molecular weight excluding hydrogens is 429 g/mol. The fourth-order valence-corrected chi connectivity index (χ4v) is 3.21. The van der Waals surface area contributed by atoms with Gasteiger partial charge in [-0.05, 0) is 36.8 Å². The first-order valence-electron chi connectivity index (χ1n) is 7.83. The molecule has 0 bridgehead atoms. The summed E-state index contributed by atoms with van der Waals surface area (Å²) in [5.41, 5.74) is 0.930. The van der Waals surface area contributed by atoms with E-state index >= 15 is 0 Å². The van der Waals surface area contributed by atoms with Crippen LogP contribution in [0.25, 0.3) is 0 Å². The summed E-state index contributed by atoms with van der Waals surface area (Å²) in [5, 5.41) is 3.04. The number of aryl methyl sites for hydroxylation is 1. The fraction of sp³-hybridized carbons (Fsp3) is 0.222. The molecule has 0 aromatic heterocycles. The minimum Gasteiger partial charge on any atom is -0.495 e. The molecule has 150 valence electrons. The smallest absolute Gasteiger partial charge is 0.340 e. The average Bonchev–Trinajstić information content (AvgIpc) is 2.62. The molecule has 0 aliphatic carbocycles. The van der Waals surface area contributed by atoms with Gasteiger partial charge in [0.1, 0.15) is 5.75 Å². The molecule has 0 saturated carbocycles. The maximum Gasteiger partial charge on any atom is 0.340 e. The molecule has 0 atom stereocenters. The highest BCUT2D eigenvalue weighted by Crippen LogP contribution is 2.31. The van der Waals surface area contributed by atoms with Crippen LogP contribution in [0.15, 0.2) is 35.2 Å². The number of benzene rings is 2. The third kappa shape index (κ3) is 5.37. The summed E-state index contributed by atoms with van der Waals surface area (Å²) in [6.07, 6.45) is 1.00. The first kappa shape index (κ1) is 22.0. The van der Waals surface area contributed by atoms with Gasteiger partial charge in [0, 0.05) is 17.3 Å². The number of carbonyl (C=O) groups excluding carboxylic acids is 2. The second kappa shape index (κ2) is 8.81. The van der Waals surface area contributed by atoms with Gasteiger partial charge in [0.15, 0.2) is 16.4 Å². The van der Waals surface area contributed by atoms with Crippen molar-refractivity contribution >= 4 is 50.6 Å². The van der Waals surface area contributed by atoms with Crippen molar-refractivity contribution in [3.63, 3.8) is 0 Å². The van der Waals surface area contributed by atoms with E-state index in [0.717, 1.165) is 17.9 Å². The van der Waals surface area contributed by atoms with Crippen LogP contribution < -0.4 is 10.1 Å². The van der Waals surface area contributed by atoms with Crippen LogP contribution in [0.4, 0.5) is 5.69 Å². The number of ether oxygens (including phenoxy) is 2. The first-order chi connectivity index (χ1) is 13.0. The van der Waals surface area contributed by atoms with Crippen LogP contribution in [-0.4, -0.2) is 40.3 Å². The van der Waals surface area contributed by atoms with Crippen molar-refractivity contribution in [3.05, 3.63) is 51.5 Å². The molecule has 2 aromatic rings. The van der Waals surface area contributed by atoms with Crippen LogP contribution in [0, 0.1) is 6.92 Å². The number of hydrogen-bond donors (Lipinski definition) is 1. The predicted molar refractivity (Wildman–Crippen MR) is 106 cm³/mol. The summed E-state index contributed by atoms with van der Waals surface area (Å²) in [5.74, 6) is -1.20. The molecule has 1 N–H and O–H groups in total. The molecule has 0 heterocycles. The zero-order valence-corrected chi connectivity index (χ0v) is 17.5. The maximum absolute atomic E-state index is 12.2. The van der Waals surface area contributed by atoms with Crippen molar-refractivity contribution in [2.24, 2.45) is 0 Å². The van der Waals surface area contributed by atoms with Gasteiger partial charge in [-0.1, -0.05) is 23.2 Å². The Hall–Kier alpha value is -2.29. The van der Waals surface area contributed by atoms with Crippen molar-refractivity contribution in [1.82, 2.24) is 0 Å². The van der Waals surface area contributed by atoms with E-state index in [1.807, 2.05) is 0 Å². The minimum absolute atomic E-state index is 0.00723. The zero-order valence-electron chi connectivity index (χ0n) is 15.2. The standard InChI is InChI=1S/C18H17Cl2NO6S/c1-10-6-15(16(26-2)8-14(10)20)21-17(22)9-27-18(23)12-7-11(28(3,24)25)4-5-13(12)19/h4-8H,9H2,1-3H3,(H,21,22). The van der Waals surface area contributed by atoms with Gasteiger partial charge in [-0.15, -0.1) is 0 Å². The van der Waals surface area contributed by atoms with Gasteiger partial charge in [0.2, 0.25) is 0 Å². The Labute approximate surface area is 172 Å². The second-order valence-electron chi connectivity index (χ2n) is 5.84. The third-order valence-electron chi connectivity index (χ3n) is 3.68. The van der Waals surface area contributed by atoms with Crippen molar-refractivity contribution in [3.8, 4) is 5.75 Å². The number of methoxy groups -OCH3 is 1. The van der Waals surface area contributed by atoms with E-state index in [1.165, 1.54) is 19.2 Å². The van der Waals surface area contributed by atoms with Crippen LogP contribution in [0.3, 0.4) is 0 Å². The minimum atomic E-state index is -3.53. The SMILES string of the molecule is COc1cc(Cl)c(C)cc1NC(=O)COC(=O)c1cc(S(C)(=O)=O)ccc1Cl. The zero-order chi connectivity index (χ0) is 21.1.